The smallest absolute Gasteiger partial charge is 0.387 e. The molecule has 0 saturated carbocycles. The predicted octanol–water partition coefficient (Wildman–Crippen LogP) is 8.32. The molecule has 0 aliphatic carbocycles. The molecule has 0 radical (unpaired) electrons. The minimum absolute atomic E-state index is 0.196. The summed E-state index contributed by atoms with van der Waals surface area (Å²) < 4.78 is 51.3. The van der Waals surface area contributed by atoms with Gasteiger partial charge in [0.1, 0.15) is 41.6 Å². The first-order valence-corrected chi connectivity index (χ1v) is 22.5. The Morgan fingerprint density at radius 3 is 2.23 bits per heavy atom. The van der Waals surface area contributed by atoms with Crippen LogP contribution in [-0.2, 0) is 35.1 Å². The van der Waals surface area contributed by atoms with Gasteiger partial charge in [-0.25, -0.2) is 18.5 Å². The van der Waals surface area contributed by atoms with Crippen molar-refractivity contribution in [1.29, 1.82) is 5.26 Å². The Bertz CT molecular complexity index is 1730. The summed E-state index contributed by atoms with van der Waals surface area (Å²) in [6, 6.07) is 9.42. The first-order chi connectivity index (χ1) is 27.5. The number of aromatic nitrogens is 3. The van der Waals surface area contributed by atoms with Crippen molar-refractivity contribution in [2.75, 3.05) is 32.2 Å². The van der Waals surface area contributed by atoms with E-state index in [1.54, 1.807) is 25.1 Å². The van der Waals surface area contributed by atoms with E-state index in [1.165, 1.54) is 106 Å². The highest BCUT2D eigenvalue weighted by Crippen LogP contribution is 2.46. The standard InChI is InChI=1S/C42H65FN5O8P/c1-3-4-5-6-7-8-9-10-11-12-13-14-15-16-17-18-23-53-28-33(20-19-32-24-34(27-44)26-35(43)25-32)29-54-57(51,52)55-30-37-39(49)40(50)42(2,56-37)38-22-21-36-41(45)46-31-47-48(36)38/h21-22,24-26,31,33,37,39-40,49-50H,3-20,23,28-30H2,1-2H3,(H,51,52)(H2,45,46,47)/t33-,37-,39-,40-,42+/m1/s1. The molecule has 1 fully saturated rings. The molecule has 0 spiro atoms. The van der Waals surface area contributed by atoms with Crippen LogP contribution in [0.25, 0.3) is 5.52 Å². The van der Waals surface area contributed by atoms with Gasteiger partial charge in [0, 0.05) is 12.5 Å². The van der Waals surface area contributed by atoms with Crippen LogP contribution in [0.3, 0.4) is 0 Å². The van der Waals surface area contributed by atoms with Gasteiger partial charge in [-0.1, -0.05) is 103 Å². The molecule has 0 bridgehead atoms. The van der Waals surface area contributed by atoms with Crippen LogP contribution in [-0.4, -0.2) is 74.4 Å². The number of fused-ring (bicyclic) bond motifs is 1. The highest BCUT2D eigenvalue weighted by atomic mass is 31.2. The van der Waals surface area contributed by atoms with Crippen LogP contribution in [0, 0.1) is 23.1 Å². The summed E-state index contributed by atoms with van der Waals surface area (Å²) in [6.45, 7) is 3.86. The second kappa shape index (κ2) is 24.2. The third-order valence-electron chi connectivity index (χ3n) is 11.0. The predicted molar refractivity (Wildman–Crippen MR) is 217 cm³/mol. The Morgan fingerprint density at radius 1 is 0.965 bits per heavy atom. The summed E-state index contributed by atoms with van der Waals surface area (Å²) in [5.41, 5.74) is 6.21. The molecule has 3 aromatic rings. The van der Waals surface area contributed by atoms with Gasteiger partial charge in [0.25, 0.3) is 0 Å². The molecule has 15 heteroatoms. The minimum atomic E-state index is -4.66. The van der Waals surface area contributed by atoms with Crippen LogP contribution >= 0.6 is 7.82 Å². The van der Waals surface area contributed by atoms with Gasteiger partial charge in [-0.2, -0.15) is 10.4 Å². The van der Waals surface area contributed by atoms with E-state index in [9.17, 15) is 29.3 Å². The molecule has 57 heavy (non-hydrogen) atoms. The summed E-state index contributed by atoms with van der Waals surface area (Å²) in [7, 11) is -4.66. The third-order valence-corrected chi connectivity index (χ3v) is 11.9. The molecule has 0 amide bonds. The average molecular weight is 818 g/mol. The Balaban J connectivity index is 1.18. The van der Waals surface area contributed by atoms with Gasteiger partial charge in [-0.05, 0) is 62.1 Å². The number of phosphoric ester groups is 1. The molecule has 3 heterocycles. The van der Waals surface area contributed by atoms with Crippen LogP contribution in [0.4, 0.5) is 10.2 Å². The number of nitriles is 1. The highest BCUT2D eigenvalue weighted by Gasteiger charge is 2.54. The molecule has 1 aliphatic heterocycles. The first kappa shape index (κ1) is 46.7. The number of nitrogens with zero attached hydrogens (tertiary/aromatic N) is 4. The summed E-state index contributed by atoms with van der Waals surface area (Å²) in [6.07, 6.45) is 18.5. The zero-order valence-electron chi connectivity index (χ0n) is 33.9. The van der Waals surface area contributed by atoms with Gasteiger partial charge in [0.05, 0.1) is 37.1 Å². The van der Waals surface area contributed by atoms with Crippen molar-refractivity contribution < 1.29 is 42.6 Å². The molecular weight excluding hydrogens is 752 g/mol. The van der Waals surface area contributed by atoms with Crippen molar-refractivity contribution in [1.82, 2.24) is 14.6 Å². The summed E-state index contributed by atoms with van der Waals surface area (Å²) in [4.78, 5) is 14.6. The Morgan fingerprint density at radius 2 is 1.60 bits per heavy atom. The second-order valence-electron chi connectivity index (χ2n) is 15.7. The lowest BCUT2D eigenvalue weighted by atomic mass is 9.93. The molecule has 1 aliphatic rings. The number of aliphatic hydroxyl groups is 2. The number of anilines is 1. The maximum Gasteiger partial charge on any atom is 0.472 e. The number of phosphoric acid groups is 1. The Labute approximate surface area is 337 Å². The fourth-order valence-corrected chi connectivity index (χ4v) is 8.32. The molecule has 6 atom stereocenters. The number of hydrogen-bond donors (Lipinski definition) is 4. The quantitative estimate of drug-likeness (QED) is 0.0387. The SMILES string of the molecule is CCCCCCCCCCCCCCCCCCOC[C@@H](CCc1cc(F)cc(C#N)c1)COP(=O)(O)OC[C@H]1O[C@@](C)(c2ccc3c(N)ncnn23)[C@H](O)[C@@H]1O. The molecule has 2 aromatic heterocycles. The normalized spacial score (nSPS) is 21.2. The zero-order chi connectivity index (χ0) is 41.1. The number of nitrogens with two attached hydrogens (primary N) is 1. The summed E-state index contributed by atoms with van der Waals surface area (Å²) in [5, 5.41) is 35.3. The van der Waals surface area contributed by atoms with Crippen molar-refractivity contribution in [2.45, 2.75) is 153 Å². The largest absolute Gasteiger partial charge is 0.472 e. The molecule has 1 unspecified atom stereocenters. The van der Waals surface area contributed by atoms with Crippen molar-refractivity contribution in [3.63, 3.8) is 0 Å². The van der Waals surface area contributed by atoms with Crippen molar-refractivity contribution in [2.24, 2.45) is 5.92 Å². The van der Waals surface area contributed by atoms with Gasteiger partial charge < -0.3 is 30.3 Å². The summed E-state index contributed by atoms with van der Waals surface area (Å²) >= 11 is 0. The topological polar surface area (TPSA) is 195 Å². The number of hydrogen-bond acceptors (Lipinski definition) is 11. The van der Waals surface area contributed by atoms with Gasteiger partial charge in [-0.15, -0.1) is 0 Å². The number of benzene rings is 1. The van der Waals surface area contributed by atoms with Gasteiger partial charge >= 0.3 is 7.82 Å². The maximum atomic E-state index is 14.1. The molecule has 318 valence electrons. The number of aliphatic hydroxyl groups excluding tert-OH is 2. The van der Waals surface area contributed by atoms with Gasteiger partial charge in [0.15, 0.2) is 5.82 Å². The van der Waals surface area contributed by atoms with E-state index in [2.05, 4.69) is 17.0 Å². The fourth-order valence-electron chi connectivity index (χ4n) is 7.51. The Hall–Kier alpha value is -2.99. The summed E-state index contributed by atoms with van der Waals surface area (Å²) in [5.74, 6) is -0.637. The van der Waals surface area contributed by atoms with E-state index >= 15 is 0 Å². The first-order valence-electron chi connectivity index (χ1n) is 21.0. The molecular formula is C42H65FN5O8P. The monoisotopic (exact) mass is 817 g/mol. The van der Waals surface area contributed by atoms with Gasteiger partial charge in [-0.3, -0.25) is 9.05 Å². The Kier molecular flexibility index (Phi) is 19.8. The lowest BCUT2D eigenvalue weighted by molar-refractivity contribution is -0.0890. The van der Waals surface area contributed by atoms with Crippen molar-refractivity contribution in [3.8, 4) is 6.07 Å². The van der Waals surface area contributed by atoms with Crippen LogP contribution in [0.2, 0.25) is 0 Å². The van der Waals surface area contributed by atoms with E-state index < -0.39 is 44.2 Å². The van der Waals surface area contributed by atoms with E-state index in [0.29, 0.717) is 36.2 Å². The maximum absolute atomic E-state index is 14.1. The third kappa shape index (κ3) is 15.0. The number of halogens is 1. The molecule has 5 N–H and O–H groups in total. The fraction of sp³-hybridized carbons (Fsp3) is 0.690. The van der Waals surface area contributed by atoms with Crippen molar-refractivity contribution in [3.05, 3.63) is 59.3 Å². The number of ether oxygens (including phenoxy) is 2. The lowest BCUT2D eigenvalue weighted by Gasteiger charge is -2.27. The molecule has 4 rings (SSSR count). The van der Waals surface area contributed by atoms with Crippen LogP contribution in [0.1, 0.15) is 140 Å². The highest BCUT2D eigenvalue weighted by molar-refractivity contribution is 7.47. The zero-order valence-corrected chi connectivity index (χ0v) is 34.8. The molecule has 13 nitrogen and oxygen atoms in total. The average Bonchev–Trinajstić information content (AvgIpc) is 3.73. The van der Waals surface area contributed by atoms with Crippen LogP contribution in [0.5, 0.6) is 0 Å². The van der Waals surface area contributed by atoms with E-state index in [1.807, 2.05) is 6.07 Å². The van der Waals surface area contributed by atoms with E-state index in [4.69, 9.17) is 24.3 Å². The number of unbranched alkanes of at least 4 members (excludes halogenated alkanes) is 15. The number of nitrogen functional groups attached to an aromatic ring is 1. The molecule has 1 saturated heterocycles. The van der Waals surface area contributed by atoms with Gasteiger partial charge in [0.2, 0.25) is 0 Å². The number of rotatable bonds is 29. The number of aryl methyl sites for hydroxylation is 1. The minimum Gasteiger partial charge on any atom is -0.387 e. The van der Waals surface area contributed by atoms with Crippen molar-refractivity contribution >= 4 is 19.2 Å². The van der Waals surface area contributed by atoms with E-state index in [-0.39, 0.29) is 30.5 Å². The van der Waals surface area contributed by atoms with Crippen LogP contribution < -0.4 is 5.73 Å². The lowest BCUT2D eigenvalue weighted by Crippen LogP contribution is -2.39. The molecule has 1 aromatic carbocycles. The second-order valence-corrected chi connectivity index (χ2v) is 17.1. The van der Waals surface area contributed by atoms with E-state index in [0.717, 1.165) is 19.3 Å². The van der Waals surface area contributed by atoms with Crippen LogP contribution in [0.15, 0.2) is 36.7 Å².